The third-order valence-corrected chi connectivity index (χ3v) is 1.13. The zero-order valence-electron chi connectivity index (χ0n) is 9.51. The van der Waals surface area contributed by atoms with Crippen molar-refractivity contribution in [3.63, 3.8) is 0 Å². The molecule has 0 aromatic heterocycles. The van der Waals surface area contributed by atoms with Crippen molar-refractivity contribution in [3.05, 3.63) is 43.1 Å². The van der Waals surface area contributed by atoms with E-state index in [1.165, 1.54) is 6.20 Å². The molecule has 0 aliphatic rings. The van der Waals surface area contributed by atoms with Crippen molar-refractivity contribution < 1.29 is 65.4 Å². The molecule has 1 aromatic rings. The van der Waals surface area contributed by atoms with Crippen molar-refractivity contribution in [1.29, 1.82) is 0 Å². The van der Waals surface area contributed by atoms with Gasteiger partial charge in [-0.25, -0.2) is 11.8 Å². The van der Waals surface area contributed by atoms with Crippen molar-refractivity contribution in [2.24, 2.45) is 9.98 Å². The maximum Gasteiger partial charge on any atom is 0 e. The van der Waals surface area contributed by atoms with Crippen LogP contribution in [-0.4, -0.2) is 12.4 Å². The first-order valence-corrected chi connectivity index (χ1v) is 4.09. The van der Waals surface area contributed by atoms with E-state index in [4.69, 9.17) is 6.58 Å². The SMILES string of the molecule is C.C[C-]=Nc1[c-]cccc1.[CH-]=CN=[C-]C.[Y].[Y]. The van der Waals surface area contributed by atoms with Crippen LogP contribution < -0.4 is 0 Å². The molecule has 2 radical (unpaired) electrons. The summed E-state index contributed by atoms with van der Waals surface area (Å²) in [7, 11) is 0. The van der Waals surface area contributed by atoms with Gasteiger partial charge in [-0.15, -0.1) is 13.8 Å². The number of hydrogen-bond acceptors (Lipinski definition) is 2. The first kappa shape index (κ1) is 26.1. The Bertz CT molecular complexity index is 296. The van der Waals surface area contributed by atoms with Crippen LogP contribution in [-0.2, 0) is 65.4 Å². The van der Waals surface area contributed by atoms with Crippen LogP contribution in [0.25, 0.3) is 0 Å². The molecule has 0 saturated carbocycles. The molecule has 0 aliphatic carbocycles. The molecule has 17 heavy (non-hydrogen) atoms. The Kier molecular flexibility index (Phi) is 33.5. The van der Waals surface area contributed by atoms with Crippen LogP contribution >= 0.6 is 0 Å². The van der Waals surface area contributed by atoms with Gasteiger partial charge in [0.05, 0.1) is 0 Å². The maximum absolute atomic E-state index is 4.78. The van der Waals surface area contributed by atoms with Gasteiger partial charge in [-0.3, -0.25) is 6.07 Å². The average molecular weight is 378 g/mol. The summed E-state index contributed by atoms with van der Waals surface area (Å²) in [6.07, 6.45) is 6.33. The van der Waals surface area contributed by atoms with Gasteiger partial charge in [0.15, 0.2) is 0 Å². The molecule has 0 bridgehead atoms. The second-order valence-electron chi connectivity index (χ2n) is 2.08. The number of hydrogen-bond donors (Lipinski definition) is 0. The largest absolute Gasteiger partial charge is 0.601 e. The third-order valence-electron chi connectivity index (χ3n) is 1.13. The van der Waals surface area contributed by atoms with Crippen molar-refractivity contribution in [2.75, 3.05) is 0 Å². The molecule has 1 aromatic carbocycles. The van der Waals surface area contributed by atoms with Crippen molar-refractivity contribution in [2.45, 2.75) is 21.3 Å². The van der Waals surface area contributed by atoms with Crippen LogP contribution in [0.2, 0.25) is 0 Å². The smallest absolute Gasteiger partial charge is 0 e. The van der Waals surface area contributed by atoms with Gasteiger partial charge in [0.25, 0.3) is 0 Å². The molecule has 0 amide bonds. The van der Waals surface area contributed by atoms with Crippen molar-refractivity contribution in [3.8, 4) is 0 Å². The Morgan fingerprint density at radius 2 is 1.88 bits per heavy atom. The molecular formula is C13H16N2Y2-4. The molecule has 88 valence electrons. The number of para-hydroxylation sites is 1. The molecular weight excluding hydrogens is 362 g/mol. The van der Waals surface area contributed by atoms with E-state index in [-0.39, 0.29) is 72.8 Å². The molecule has 1 rings (SSSR count). The summed E-state index contributed by atoms with van der Waals surface area (Å²) in [6.45, 7) is 8.23. The molecule has 0 unspecified atom stereocenters. The van der Waals surface area contributed by atoms with Crippen LogP contribution in [0.1, 0.15) is 21.3 Å². The summed E-state index contributed by atoms with van der Waals surface area (Å²) < 4.78 is 0. The van der Waals surface area contributed by atoms with Gasteiger partial charge < -0.3 is 22.8 Å². The van der Waals surface area contributed by atoms with Gasteiger partial charge in [-0.05, 0) is 0 Å². The summed E-state index contributed by atoms with van der Waals surface area (Å²) in [6, 6.07) is 10.5. The maximum atomic E-state index is 4.78. The quantitative estimate of drug-likeness (QED) is 0.555. The first-order valence-electron chi connectivity index (χ1n) is 4.09. The minimum Gasteiger partial charge on any atom is -0.601 e. The molecule has 0 N–H and O–H groups in total. The van der Waals surface area contributed by atoms with Crippen LogP contribution in [0.5, 0.6) is 0 Å². The summed E-state index contributed by atoms with van der Waals surface area (Å²) in [4.78, 5) is 7.28. The Balaban J connectivity index is -0.0000000948. The topological polar surface area (TPSA) is 24.7 Å². The standard InChI is InChI=1S/C8H7N.C4H5N.CH4.2Y/c1-2-9-8-6-4-3-5-7-8;1-3-5-4-2;;;/h3-6H,1H3;1,3H,2H3;1H4;;/q2*-2;;;. The van der Waals surface area contributed by atoms with Crippen LogP contribution in [0, 0.1) is 12.6 Å². The fourth-order valence-electron chi connectivity index (χ4n) is 0.648. The van der Waals surface area contributed by atoms with Crippen LogP contribution in [0.3, 0.4) is 0 Å². The molecule has 0 heterocycles. The van der Waals surface area contributed by atoms with Crippen molar-refractivity contribution >= 4 is 18.1 Å². The Labute approximate surface area is 156 Å². The van der Waals surface area contributed by atoms with E-state index in [0.717, 1.165) is 5.69 Å². The summed E-state index contributed by atoms with van der Waals surface area (Å²) in [5.74, 6) is 0. The Hall–Kier alpha value is 0.508. The summed E-state index contributed by atoms with van der Waals surface area (Å²) >= 11 is 0. The third kappa shape index (κ3) is 19.0. The monoisotopic (exact) mass is 378 g/mol. The number of rotatable bonds is 2. The van der Waals surface area contributed by atoms with Gasteiger partial charge in [0.1, 0.15) is 0 Å². The fourth-order valence-corrected chi connectivity index (χ4v) is 0.648. The van der Waals surface area contributed by atoms with E-state index in [9.17, 15) is 0 Å². The van der Waals surface area contributed by atoms with Crippen molar-refractivity contribution in [1.82, 2.24) is 0 Å². The number of benzene rings is 1. The Morgan fingerprint density at radius 1 is 1.24 bits per heavy atom. The molecule has 0 atom stereocenters. The zero-order valence-corrected chi connectivity index (χ0v) is 15.2. The van der Waals surface area contributed by atoms with E-state index in [0.29, 0.717) is 0 Å². The van der Waals surface area contributed by atoms with E-state index in [1.807, 2.05) is 24.3 Å². The van der Waals surface area contributed by atoms with Gasteiger partial charge in [0.2, 0.25) is 0 Å². The molecule has 0 saturated heterocycles. The minimum absolute atomic E-state index is 0. The molecule has 0 fully saturated rings. The predicted octanol–water partition coefficient (Wildman–Crippen LogP) is 3.62. The molecule has 4 heteroatoms. The van der Waals surface area contributed by atoms with Gasteiger partial charge in [-0.1, -0.05) is 7.43 Å². The minimum atomic E-state index is 0. The van der Waals surface area contributed by atoms with E-state index < -0.39 is 0 Å². The summed E-state index contributed by atoms with van der Waals surface area (Å²) in [5, 5.41) is 0. The number of aliphatic imine (C=N–C) groups is 2. The second-order valence-corrected chi connectivity index (χ2v) is 2.08. The first-order chi connectivity index (χ1) is 6.85. The van der Waals surface area contributed by atoms with E-state index >= 15 is 0 Å². The zero-order chi connectivity index (χ0) is 10.6. The van der Waals surface area contributed by atoms with Crippen LogP contribution in [0.4, 0.5) is 5.69 Å². The second kappa shape index (κ2) is 21.8. The van der Waals surface area contributed by atoms with Gasteiger partial charge in [-0.2, -0.15) is 30.6 Å². The number of nitrogens with zero attached hydrogens (tertiary/aromatic N) is 2. The summed E-state index contributed by atoms with van der Waals surface area (Å²) in [5.41, 5.74) is 0.833. The average Bonchev–Trinajstić information content (AvgIpc) is 2.22. The normalized spacial score (nSPS) is 8.12. The fraction of sp³-hybridized carbons (Fsp3) is 0.231. The van der Waals surface area contributed by atoms with E-state index in [2.05, 4.69) is 28.5 Å². The van der Waals surface area contributed by atoms with Gasteiger partial charge in [0, 0.05) is 65.4 Å². The van der Waals surface area contributed by atoms with E-state index in [1.54, 1.807) is 13.8 Å². The predicted molar refractivity (Wildman–Crippen MR) is 66.8 cm³/mol. The molecule has 2 nitrogen and oxygen atoms in total. The molecule has 0 aliphatic heterocycles. The Morgan fingerprint density at radius 3 is 2.18 bits per heavy atom. The van der Waals surface area contributed by atoms with Gasteiger partial charge >= 0.3 is 0 Å². The molecule has 0 spiro atoms. The van der Waals surface area contributed by atoms with Crippen LogP contribution in [0.15, 0.2) is 40.5 Å².